The molecule has 0 aromatic heterocycles. The summed E-state index contributed by atoms with van der Waals surface area (Å²) in [6.07, 6.45) is 10.6. The van der Waals surface area contributed by atoms with E-state index in [0.717, 1.165) is 68.9 Å². The number of piperidine rings is 1. The molecule has 0 spiro atoms. The van der Waals surface area contributed by atoms with Crippen LogP contribution in [0.5, 0.6) is 0 Å². The fourth-order valence-corrected chi connectivity index (χ4v) is 7.40. The number of aryl methyl sites for hydroxylation is 1. The minimum atomic E-state index is -1.55. The van der Waals surface area contributed by atoms with Crippen LogP contribution >= 0.6 is 0 Å². The third-order valence-corrected chi connectivity index (χ3v) is 9.32. The Morgan fingerprint density at radius 3 is 2.29 bits per heavy atom. The summed E-state index contributed by atoms with van der Waals surface area (Å²) in [5.41, 5.74) is 0.537. The molecule has 1 aliphatic heterocycles. The Bertz CT molecular complexity index is 971. The predicted octanol–water partition coefficient (Wildman–Crippen LogP) is 5.63. The molecule has 2 aromatic rings. The van der Waals surface area contributed by atoms with E-state index in [1.54, 1.807) is 0 Å². The Morgan fingerprint density at radius 1 is 0.943 bits per heavy atom. The van der Waals surface area contributed by atoms with Gasteiger partial charge in [-0.1, -0.05) is 86.3 Å². The molecule has 4 unspecified atom stereocenters. The molecule has 2 aromatic carbocycles. The number of rotatable bonds is 8. The second kappa shape index (κ2) is 10.4. The molecule has 2 bridgehead atoms. The highest BCUT2D eigenvalue weighted by atomic mass is 16.6. The smallest absolute Gasteiger partial charge is 0.343 e. The molecule has 5 rings (SSSR count). The molecule has 1 heterocycles. The maximum absolute atomic E-state index is 13.9. The Morgan fingerprint density at radius 2 is 1.60 bits per heavy atom. The zero-order valence-electron chi connectivity index (χ0n) is 21.3. The number of hydrogen-bond acceptors (Lipinski definition) is 3. The first-order valence-corrected chi connectivity index (χ1v) is 13.9. The lowest BCUT2D eigenvalue weighted by Gasteiger charge is -2.39. The lowest BCUT2D eigenvalue weighted by molar-refractivity contribution is -0.927. The lowest BCUT2D eigenvalue weighted by Crippen LogP contribution is -2.53. The van der Waals surface area contributed by atoms with Crippen LogP contribution in [0.15, 0.2) is 60.7 Å². The molecule has 3 fully saturated rings. The van der Waals surface area contributed by atoms with Gasteiger partial charge in [0.2, 0.25) is 0 Å². The van der Waals surface area contributed by atoms with Crippen molar-refractivity contribution in [2.24, 2.45) is 11.8 Å². The standard InChI is InChI=1S/C31H42NO3/c1-32(22-12-15-24-13-6-4-7-14-24)23-25-20-21-28(32)29(25)35-30(33)31(34,27-18-10-5-11-19-27)26-16-8-2-3-9-17-26/h4-7,10-11,13-14,18-19,25-26,28-29,34H,2-3,8-9,12,15-17,20-23H2,1H3/q+1/t25?,28-,29?,31?,32?/m0/s1. The highest BCUT2D eigenvalue weighted by Crippen LogP contribution is 2.46. The molecule has 0 radical (unpaired) electrons. The third-order valence-electron chi connectivity index (χ3n) is 9.32. The lowest BCUT2D eigenvalue weighted by atomic mass is 9.77. The molecule has 3 aliphatic rings. The van der Waals surface area contributed by atoms with E-state index in [1.165, 1.54) is 18.4 Å². The summed E-state index contributed by atoms with van der Waals surface area (Å²) in [5, 5.41) is 12.1. The van der Waals surface area contributed by atoms with Crippen LogP contribution in [-0.4, -0.2) is 47.8 Å². The summed E-state index contributed by atoms with van der Waals surface area (Å²) in [6, 6.07) is 20.6. The van der Waals surface area contributed by atoms with Gasteiger partial charge < -0.3 is 14.3 Å². The first-order chi connectivity index (χ1) is 17.0. The summed E-state index contributed by atoms with van der Waals surface area (Å²) >= 11 is 0. The maximum atomic E-state index is 13.9. The van der Waals surface area contributed by atoms with E-state index in [4.69, 9.17) is 4.74 Å². The number of aliphatic hydroxyl groups is 1. The van der Waals surface area contributed by atoms with Crippen molar-refractivity contribution in [3.05, 3.63) is 71.8 Å². The minimum absolute atomic E-state index is 0.0781. The van der Waals surface area contributed by atoms with Crippen molar-refractivity contribution in [2.45, 2.75) is 82.0 Å². The van der Waals surface area contributed by atoms with Crippen molar-refractivity contribution in [3.8, 4) is 0 Å². The fraction of sp³-hybridized carbons (Fsp3) is 0.581. The van der Waals surface area contributed by atoms with Crippen LogP contribution in [0.1, 0.15) is 68.9 Å². The molecule has 4 heteroatoms. The average Bonchev–Trinajstić information content (AvgIpc) is 3.22. The van der Waals surface area contributed by atoms with Crippen molar-refractivity contribution in [2.75, 3.05) is 20.1 Å². The maximum Gasteiger partial charge on any atom is 0.343 e. The molecule has 35 heavy (non-hydrogen) atoms. The number of likely N-dealkylation sites (N-methyl/N-ethyl adjacent to an activating group) is 1. The van der Waals surface area contributed by atoms with Crippen LogP contribution in [0.4, 0.5) is 0 Å². The van der Waals surface area contributed by atoms with Crippen molar-refractivity contribution >= 4 is 5.97 Å². The van der Waals surface area contributed by atoms with Crippen molar-refractivity contribution in [1.82, 2.24) is 0 Å². The van der Waals surface area contributed by atoms with Gasteiger partial charge in [0.05, 0.1) is 26.1 Å². The first-order valence-electron chi connectivity index (χ1n) is 13.9. The van der Waals surface area contributed by atoms with Gasteiger partial charge in [0, 0.05) is 18.8 Å². The number of fused-ring (bicyclic) bond motifs is 2. The summed E-state index contributed by atoms with van der Waals surface area (Å²) < 4.78 is 7.36. The minimum Gasteiger partial charge on any atom is -0.453 e. The quantitative estimate of drug-likeness (QED) is 0.305. The molecule has 2 aliphatic carbocycles. The summed E-state index contributed by atoms with van der Waals surface area (Å²) in [4.78, 5) is 13.9. The Labute approximate surface area is 210 Å². The molecular weight excluding hydrogens is 434 g/mol. The number of nitrogens with zero attached hydrogens (tertiary/aromatic N) is 1. The SMILES string of the molecule is C[N+]1(CCCc2ccccc2)CC2CC[C@H]1C2OC(=O)C(O)(c1ccccc1)C1CCCCCC1. The number of likely N-dealkylation sites (tertiary alicyclic amines) is 1. The van der Waals surface area contributed by atoms with Gasteiger partial charge in [-0.3, -0.25) is 0 Å². The van der Waals surface area contributed by atoms with Crippen LogP contribution in [0.3, 0.4) is 0 Å². The molecular formula is C31H42NO3+. The molecule has 5 atom stereocenters. The average molecular weight is 477 g/mol. The number of hydrogen-bond donors (Lipinski definition) is 1. The molecule has 0 amide bonds. The van der Waals surface area contributed by atoms with Crippen molar-refractivity contribution in [1.29, 1.82) is 0 Å². The van der Waals surface area contributed by atoms with Gasteiger partial charge >= 0.3 is 5.97 Å². The highest BCUT2D eigenvalue weighted by Gasteiger charge is 2.59. The number of carbonyl (C=O) groups is 1. The molecule has 1 N–H and O–H groups in total. The van der Waals surface area contributed by atoms with Gasteiger partial charge in [-0.2, -0.15) is 0 Å². The van der Waals surface area contributed by atoms with E-state index in [2.05, 4.69) is 37.4 Å². The summed E-state index contributed by atoms with van der Waals surface area (Å²) in [7, 11) is 2.35. The number of ether oxygens (including phenoxy) is 1. The van der Waals surface area contributed by atoms with E-state index in [1.807, 2.05) is 30.3 Å². The second-order valence-electron chi connectivity index (χ2n) is 11.6. The van der Waals surface area contributed by atoms with Gasteiger partial charge in [-0.05, 0) is 36.8 Å². The van der Waals surface area contributed by atoms with E-state index < -0.39 is 11.6 Å². The van der Waals surface area contributed by atoms with Crippen molar-refractivity contribution < 1.29 is 19.1 Å². The van der Waals surface area contributed by atoms with E-state index in [0.29, 0.717) is 17.5 Å². The zero-order chi connectivity index (χ0) is 24.3. The Kier molecular flexibility index (Phi) is 7.31. The van der Waals surface area contributed by atoms with E-state index in [9.17, 15) is 9.90 Å². The highest BCUT2D eigenvalue weighted by molar-refractivity contribution is 5.82. The van der Waals surface area contributed by atoms with Crippen molar-refractivity contribution in [3.63, 3.8) is 0 Å². The van der Waals surface area contributed by atoms with Gasteiger partial charge in [-0.25, -0.2) is 4.79 Å². The number of quaternary nitrogens is 1. The zero-order valence-corrected chi connectivity index (χ0v) is 21.3. The molecule has 2 saturated carbocycles. The Balaban J connectivity index is 1.30. The second-order valence-corrected chi connectivity index (χ2v) is 11.6. The normalized spacial score (nSPS) is 30.5. The number of carbonyl (C=O) groups excluding carboxylic acids is 1. The van der Waals surface area contributed by atoms with Gasteiger partial charge in [-0.15, -0.1) is 0 Å². The van der Waals surface area contributed by atoms with Crippen LogP contribution in [0.2, 0.25) is 0 Å². The van der Waals surface area contributed by atoms with Crippen LogP contribution < -0.4 is 0 Å². The van der Waals surface area contributed by atoms with E-state index in [-0.39, 0.29) is 12.0 Å². The van der Waals surface area contributed by atoms with Crippen LogP contribution in [0.25, 0.3) is 0 Å². The fourth-order valence-electron chi connectivity index (χ4n) is 7.40. The first kappa shape index (κ1) is 24.5. The van der Waals surface area contributed by atoms with Crippen LogP contribution in [0, 0.1) is 11.8 Å². The predicted molar refractivity (Wildman–Crippen MR) is 139 cm³/mol. The third kappa shape index (κ3) is 4.93. The largest absolute Gasteiger partial charge is 0.453 e. The molecule has 188 valence electrons. The summed E-state index contributed by atoms with van der Waals surface area (Å²) in [5.74, 6) is -0.0826. The Hall–Kier alpha value is -2.17. The number of benzene rings is 2. The summed E-state index contributed by atoms with van der Waals surface area (Å²) in [6.45, 7) is 2.18. The van der Waals surface area contributed by atoms with Gasteiger partial charge in [0.25, 0.3) is 0 Å². The monoisotopic (exact) mass is 476 g/mol. The van der Waals surface area contributed by atoms with Gasteiger partial charge in [0.1, 0.15) is 6.04 Å². The topological polar surface area (TPSA) is 46.5 Å². The van der Waals surface area contributed by atoms with Crippen LogP contribution in [-0.2, 0) is 21.6 Å². The number of esters is 1. The molecule has 4 nitrogen and oxygen atoms in total. The molecule has 1 saturated heterocycles. The van der Waals surface area contributed by atoms with Gasteiger partial charge in [0.15, 0.2) is 11.7 Å². The van der Waals surface area contributed by atoms with E-state index >= 15 is 0 Å².